The SMILES string of the molecule is NC1(c2cn(-c3ccccc3)nn2)CC(O)C1. The molecule has 1 heterocycles. The molecule has 0 bridgehead atoms. The van der Waals surface area contributed by atoms with Crippen molar-refractivity contribution in [1.82, 2.24) is 15.0 Å². The molecular weight excluding hydrogens is 216 g/mol. The van der Waals surface area contributed by atoms with Gasteiger partial charge in [-0.2, -0.15) is 0 Å². The van der Waals surface area contributed by atoms with Gasteiger partial charge < -0.3 is 10.8 Å². The molecule has 1 aliphatic rings. The van der Waals surface area contributed by atoms with Crippen LogP contribution in [-0.2, 0) is 5.54 Å². The second-order valence-corrected chi connectivity index (χ2v) is 4.60. The molecule has 88 valence electrons. The molecule has 0 spiro atoms. The lowest BCUT2D eigenvalue weighted by Crippen LogP contribution is -2.51. The molecule has 0 radical (unpaired) electrons. The van der Waals surface area contributed by atoms with Gasteiger partial charge in [0.1, 0.15) is 5.69 Å². The quantitative estimate of drug-likeness (QED) is 0.791. The molecule has 3 N–H and O–H groups in total. The number of aliphatic hydroxyl groups excluding tert-OH is 1. The molecule has 0 atom stereocenters. The van der Waals surface area contributed by atoms with Crippen molar-refractivity contribution < 1.29 is 5.11 Å². The molecule has 1 saturated carbocycles. The maximum absolute atomic E-state index is 9.33. The lowest BCUT2D eigenvalue weighted by atomic mass is 9.73. The Morgan fingerprint density at radius 1 is 1.29 bits per heavy atom. The van der Waals surface area contributed by atoms with E-state index in [1.807, 2.05) is 36.5 Å². The number of para-hydroxylation sites is 1. The average molecular weight is 230 g/mol. The Balaban J connectivity index is 1.89. The summed E-state index contributed by atoms with van der Waals surface area (Å²) >= 11 is 0. The molecule has 0 unspecified atom stereocenters. The van der Waals surface area contributed by atoms with E-state index in [1.54, 1.807) is 4.68 Å². The van der Waals surface area contributed by atoms with Gasteiger partial charge in [-0.3, -0.25) is 0 Å². The molecule has 0 amide bonds. The first-order chi connectivity index (χ1) is 8.17. The lowest BCUT2D eigenvalue weighted by molar-refractivity contribution is 0.0188. The third-order valence-corrected chi connectivity index (χ3v) is 3.22. The van der Waals surface area contributed by atoms with Gasteiger partial charge in [-0.15, -0.1) is 5.10 Å². The summed E-state index contributed by atoms with van der Waals surface area (Å²) in [5.41, 5.74) is 7.32. The maximum Gasteiger partial charge on any atom is 0.103 e. The summed E-state index contributed by atoms with van der Waals surface area (Å²) in [6, 6.07) is 9.76. The van der Waals surface area contributed by atoms with Crippen molar-refractivity contribution in [2.45, 2.75) is 24.5 Å². The van der Waals surface area contributed by atoms with E-state index in [9.17, 15) is 5.11 Å². The Bertz CT molecular complexity index is 516. The van der Waals surface area contributed by atoms with Gasteiger partial charge in [0.25, 0.3) is 0 Å². The number of aromatic nitrogens is 3. The van der Waals surface area contributed by atoms with Gasteiger partial charge in [0.05, 0.1) is 23.5 Å². The van der Waals surface area contributed by atoms with Crippen molar-refractivity contribution in [3.05, 3.63) is 42.2 Å². The van der Waals surface area contributed by atoms with Crippen LogP contribution < -0.4 is 5.73 Å². The van der Waals surface area contributed by atoms with E-state index in [0.717, 1.165) is 11.4 Å². The second kappa shape index (κ2) is 3.65. The number of nitrogens with two attached hydrogens (primary N) is 1. The van der Waals surface area contributed by atoms with Crippen molar-refractivity contribution >= 4 is 0 Å². The van der Waals surface area contributed by atoms with E-state index in [2.05, 4.69) is 10.3 Å². The Morgan fingerprint density at radius 2 is 2.00 bits per heavy atom. The molecule has 1 aromatic carbocycles. The second-order valence-electron chi connectivity index (χ2n) is 4.60. The van der Waals surface area contributed by atoms with E-state index in [-0.39, 0.29) is 6.10 Å². The van der Waals surface area contributed by atoms with Crippen molar-refractivity contribution in [1.29, 1.82) is 0 Å². The monoisotopic (exact) mass is 230 g/mol. The molecule has 1 aliphatic carbocycles. The summed E-state index contributed by atoms with van der Waals surface area (Å²) in [5.74, 6) is 0. The summed E-state index contributed by atoms with van der Waals surface area (Å²) in [6.07, 6.45) is 2.64. The first-order valence-corrected chi connectivity index (χ1v) is 5.63. The Morgan fingerprint density at radius 3 is 2.65 bits per heavy atom. The molecule has 2 aromatic rings. The van der Waals surface area contributed by atoms with Gasteiger partial charge >= 0.3 is 0 Å². The number of hydrogen-bond acceptors (Lipinski definition) is 4. The highest BCUT2D eigenvalue weighted by Crippen LogP contribution is 2.37. The first kappa shape index (κ1) is 10.4. The zero-order valence-corrected chi connectivity index (χ0v) is 9.32. The first-order valence-electron chi connectivity index (χ1n) is 5.63. The van der Waals surface area contributed by atoms with E-state index in [0.29, 0.717) is 12.8 Å². The maximum atomic E-state index is 9.33. The largest absolute Gasteiger partial charge is 0.393 e. The van der Waals surface area contributed by atoms with E-state index < -0.39 is 5.54 Å². The van der Waals surface area contributed by atoms with Crippen LogP contribution in [0, 0.1) is 0 Å². The fourth-order valence-corrected chi connectivity index (χ4v) is 2.19. The molecule has 5 heteroatoms. The zero-order chi connectivity index (χ0) is 11.9. The standard InChI is InChI=1S/C12H14N4O/c13-12(6-10(17)7-12)11-8-16(15-14-11)9-4-2-1-3-5-9/h1-5,8,10,17H,6-7,13H2. The highest BCUT2D eigenvalue weighted by atomic mass is 16.3. The summed E-state index contributed by atoms with van der Waals surface area (Å²) in [6.45, 7) is 0. The predicted molar refractivity (Wildman–Crippen MR) is 62.5 cm³/mol. The van der Waals surface area contributed by atoms with Crippen LogP contribution in [0.1, 0.15) is 18.5 Å². The van der Waals surface area contributed by atoms with E-state index in [1.165, 1.54) is 0 Å². The molecule has 1 aromatic heterocycles. The normalized spacial score (nSPS) is 27.8. The highest BCUT2D eigenvalue weighted by molar-refractivity contribution is 5.31. The Labute approximate surface area is 98.9 Å². The Hall–Kier alpha value is -1.72. The van der Waals surface area contributed by atoms with Crippen LogP contribution in [-0.4, -0.2) is 26.2 Å². The summed E-state index contributed by atoms with van der Waals surface area (Å²) in [4.78, 5) is 0. The smallest absolute Gasteiger partial charge is 0.103 e. The third kappa shape index (κ3) is 1.73. The van der Waals surface area contributed by atoms with Crippen LogP contribution in [0.15, 0.2) is 36.5 Å². The van der Waals surface area contributed by atoms with Gasteiger partial charge in [-0.1, -0.05) is 23.4 Å². The van der Waals surface area contributed by atoms with Crippen molar-refractivity contribution in [2.24, 2.45) is 5.73 Å². The van der Waals surface area contributed by atoms with Gasteiger partial charge in [0, 0.05) is 0 Å². The van der Waals surface area contributed by atoms with Crippen LogP contribution in [0.2, 0.25) is 0 Å². The number of benzene rings is 1. The number of rotatable bonds is 2. The number of nitrogens with zero attached hydrogens (tertiary/aromatic N) is 3. The molecule has 0 aliphatic heterocycles. The fourth-order valence-electron chi connectivity index (χ4n) is 2.19. The minimum atomic E-state index is -0.507. The minimum absolute atomic E-state index is 0.304. The van der Waals surface area contributed by atoms with Crippen LogP contribution in [0.25, 0.3) is 5.69 Å². The lowest BCUT2D eigenvalue weighted by Gasteiger charge is -2.40. The van der Waals surface area contributed by atoms with Gasteiger partial charge in [0.2, 0.25) is 0 Å². The van der Waals surface area contributed by atoms with E-state index >= 15 is 0 Å². The molecule has 1 fully saturated rings. The number of aliphatic hydroxyl groups is 1. The van der Waals surface area contributed by atoms with Crippen molar-refractivity contribution in [3.8, 4) is 5.69 Å². The topological polar surface area (TPSA) is 77.0 Å². The molecule has 17 heavy (non-hydrogen) atoms. The van der Waals surface area contributed by atoms with Crippen LogP contribution in [0.5, 0.6) is 0 Å². The summed E-state index contributed by atoms with van der Waals surface area (Å²) < 4.78 is 1.70. The minimum Gasteiger partial charge on any atom is -0.393 e. The van der Waals surface area contributed by atoms with Crippen molar-refractivity contribution in [3.63, 3.8) is 0 Å². The average Bonchev–Trinajstić information content (AvgIpc) is 2.78. The van der Waals surface area contributed by atoms with Crippen LogP contribution in [0.4, 0.5) is 0 Å². The van der Waals surface area contributed by atoms with Crippen LogP contribution >= 0.6 is 0 Å². The van der Waals surface area contributed by atoms with Gasteiger partial charge in [-0.05, 0) is 25.0 Å². The van der Waals surface area contributed by atoms with Gasteiger partial charge in [0.15, 0.2) is 0 Å². The molecular formula is C12H14N4O. The van der Waals surface area contributed by atoms with E-state index in [4.69, 9.17) is 5.73 Å². The number of hydrogen-bond donors (Lipinski definition) is 2. The van der Waals surface area contributed by atoms with Crippen molar-refractivity contribution in [2.75, 3.05) is 0 Å². The molecule has 5 nitrogen and oxygen atoms in total. The molecule has 3 rings (SSSR count). The summed E-state index contributed by atoms with van der Waals surface area (Å²) in [7, 11) is 0. The third-order valence-electron chi connectivity index (χ3n) is 3.22. The molecule has 0 saturated heterocycles. The van der Waals surface area contributed by atoms with Gasteiger partial charge in [-0.25, -0.2) is 4.68 Å². The fraction of sp³-hybridized carbons (Fsp3) is 0.333. The summed E-state index contributed by atoms with van der Waals surface area (Å²) in [5, 5.41) is 17.5. The predicted octanol–water partition coefficient (Wildman–Crippen LogP) is 0.576. The van der Waals surface area contributed by atoms with Crippen LogP contribution in [0.3, 0.4) is 0 Å². The zero-order valence-electron chi connectivity index (χ0n) is 9.32. The highest BCUT2D eigenvalue weighted by Gasteiger charge is 2.43. The Kier molecular flexibility index (Phi) is 2.24.